The van der Waals surface area contributed by atoms with Gasteiger partial charge in [0.2, 0.25) is 0 Å². The molecule has 0 radical (unpaired) electrons. The van der Waals surface area contributed by atoms with E-state index in [1.165, 1.54) is 6.20 Å². The number of amides is 1. The van der Waals surface area contributed by atoms with E-state index in [-0.39, 0.29) is 11.6 Å². The topological polar surface area (TPSA) is 76.1 Å². The van der Waals surface area contributed by atoms with Crippen LogP contribution < -0.4 is 15.4 Å². The lowest BCUT2D eigenvalue weighted by molar-refractivity contribution is 0.102. The minimum Gasteiger partial charge on any atom is -0.497 e. The van der Waals surface area contributed by atoms with Gasteiger partial charge in [-0.3, -0.25) is 9.78 Å². The number of hydrogen-bond acceptors (Lipinski definition) is 5. The number of nitrogens with one attached hydrogen (secondary N) is 2. The maximum Gasteiger partial charge on any atom is 0.275 e. The lowest BCUT2D eigenvalue weighted by Crippen LogP contribution is -2.14. The van der Waals surface area contributed by atoms with Gasteiger partial charge in [0.1, 0.15) is 17.3 Å². The molecule has 2 N–H and O–H groups in total. The predicted octanol–water partition coefficient (Wildman–Crippen LogP) is 1.78. The average Bonchev–Trinajstić information content (AvgIpc) is 2.48. The number of nitrogens with zero attached hydrogens (tertiary/aromatic N) is 2. The van der Waals surface area contributed by atoms with Crippen LogP contribution in [-0.2, 0) is 0 Å². The summed E-state index contributed by atoms with van der Waals surface area (Å²) in [6, 6.07) is 7.05. The molecule has 6 nitrogen and oxygen atoms in total. The smallest absolute Gasteiger partial charge is 0.275 e. The van der Waals surface area contributed by atoms with Crippen molar-refractivity contribution in [2.24, 2.45) is 0 Å². The standard InChI is InChI=1S/C13H14N4O2/c1-14-12-8-15-7-11(17-12)13(18)16-9-3-5-10(19-2)6-4-9/h3-8H,1-2H3,(H,14,17)(H,16,18). The molecule has 1 aromatic heterocycles. The van der Waals surface area contributed by atoms with Gasteiger partial charge in [0, 0.05) is 12.7 Å². The molecule has 0 saturated heterocycles. The Morgan fingerprint density at radius 1 is 1.21 bits per heavy atom. The molecule has 0 saturated carbocycles. The molecule has 1 aromatic carbocycles. The zero-order valence-electron chi connectivity index (χ0n) is 10.7. The predicted molar refractivity (Wildman–Crippen MR) is 72.5 cm³/mol. The van der Waals surface area contributed by atoms with Crippen molar-refractivity contribution in [1.82, 2.24) is 9.97 Å². The molecule has 19 heavy (non-hydrogen) atoms. The SMILES string of the molecule is CNc1cncc(C(=O)Nc2ccc(OC)cc2)n1. The van der Waals surface area contributed by atoms with E-state index in [4.69, 9.17) is 4.74 Å². The molecule has 98 valence electrons. The second kappa shape index (κ2) is 5.81. The zero-order valence-corrected chi connectivity index (χ0v) is 10.7. The van der Waals surface area contributed by atoms with Crippen LogP contribution in [-0.4, -0.2) is 30.0 Å². The summed E-state index contributed by atoms with van der Waals surface area (Å²) in [6.07, 6.45) is 2.96. The first-order valence-electron chi connectivity index (χ1n) is 5.68. The molecule has 0 spiro atoms. The number of hydrogen-bond donors (Lipinski definition) is 2. The molecule has 0 atom stereocenters. The Labute approximate surface area is 110 Å². The van der Waals surface area contributed by atoms with Crippen LogP contribution >= 0.6 is 0 Å². The van der Waals surface area contributed by atoms with Crippen LogP contribution in [0.25, 0.3) is 0 Å². The van der Waals surface area contributed by atoms with Crippen LogP contribution in [0.2, 0.25) is 0 Å². The normalized spacial score (nSPS) is 9.79. The van der Waals surface area contributed by atoms with Crippen molar-refractivity contribution in [3.63, 3.8) is 0 Å². The number of anilines is 2. The summed E-state index contributed by atoms with van der Waals surface area (Å²) in [5.74, 6) is 0.965. The summed E-state index contributed by atoms with van der Waals surface area (Å²) in [4.78, 5) is 20.0. The third-order valence-electron chi connectivity index (χ3n) is 2.47. The Kier molecular flexibility index (Phi) is 3.92. The summed E-state index contributed by atoms with van der Waals surface area (Å²) < 4.78 is 5.05. The highest BCUT2D eigenvalue weighted by Crippen LogP contribution is 2.15. The first-order chi connectivity index (χ1) is 9.22. The Balaban J connectivity index is 2.11. The second-order valence-corrected chi connectivity index (χ2v) is 3.72. The van der Waals surface area contributed by atoms with Crippen molar-refractivity contribution >= 4 is 17.4 Å². The van der Waals surface area contributed by atoms with Crippen molar-refractivity contribution in [2.45, 2.75) is 0 Å². The number of carbonyl (C=O) groups excluding carboxylic acids is 1. The van der Waals surface area contributed by atoms with Gasteiger partial charge in [0.15, 0.2) is 0 Å². The maximum atomic E-state index is 12.0. The Morgan fingerprint density at radius 2 is 1.95 bits per heavy atom. The quantitative estimate of drug-likeness (QED) is 0.874. The van der Waals surface area contributed by atoms with Gasteiger partial charge < -0.3 is 15.4 Å². The van der Waals surface area contributed by atoms with Gasteiger partial charge in [-0.05, 0) is 24.3 Å². The molecule has 0 aliphatic carbocycles. The van der Waals surface area contributed by atoms with E-state index >= 15 is 0 Å². The minimum absolute atomic E-state index is 0.252. The number of carbonyl (C=O) groups is 1. The van der Waals surface area contributed by atoms with E-state index in [1.54, 1.807) is 44.6 Å². The molecule has 0 bridgehead atoms. The maximum absolute atomic E-state index is 12.0. The number of ether oxygens (including phenoxy) is 1. The van der Waals surface area contributed by atoms with Crippen molar-refractivity contribution in [2.75, 3.05) is 24.8 Å². The van der Waals surface area contributed by atoms with E-state index in [0.717, 1.165) is 5.75 Å². The molecule has 0 aliphatic rings. The molecule has 1 amide bonds. The molecular weight excluding hydrogens is 244 g/mol. The van der Waals surface area contributed by atoms with Crippen LogP contribution in [0.15, 0.2) is 36.7 Å². The average molecular weight is 258 g/mol. The van der Waals surface area contributed by atoms with Crippen molar-refractivity contribution in [3.05, 3.63) is 42.4 Å². The third-order valence-corrected chi connectivity index (χ3v) is 2.47. The lowest BCUT2D eigenvalue weighted by Gasteiger charge is -2.06. The van der Waals surface area contributed by atoms with Gasteiger partial charge in [-0.2, -0.15) is 0 Å². The van der Waals surface area contributed by atoms with E-state index in [1.807, 2.05) is 0 Å². The van der Waals surface area contributed by atoms with Crippen LogP contribution in [0.4, 0.5) is 11.5 Å². The molecule has 0 fully saturated rings. The second-order valence-electron chi connectivity index (χ2n) is 3.72. The lowest BCUT2D eigenvalue weighted by atomic mass is 10.3. The third kappa shape index (κ3) is 3.19. The number of methoxy groups -OCH3 is 1. The molecular formula is C13H14N4O2. The van der Waals surface area contributed by atoms with Crippen LogP contribution in [0.1, 0.15) is 10.5 Å². The van der Waals surface area contributed by atoms with Crippen LogP contribution in [0.5, 0.6) is 5.75 Å². The largest absolute Gasteiger partial charge is 0.497 e. The monoisotopic (exact) mass is 258 g/mol. The van der Waals surface area contributed by atoms with Crippen molar-refractivity contribution in [3.8, 4) is 5.75 Å². The van der Waals surface area contributed by atoms with Crippen LogP contribution in [0, 0.1) is 0 Å². The molecule has 2 rings (SSSR count). The van der Waals surface area contributed by atoms with Crippen molar-refractivity contribution in [1.29, 1.82) is 0 Å². The van der Waals surface area contributed by atoms with E-state index in [2.05, 4.69) is 20.6 Å². The summed E-state index contributed by atoms with van der Waals surface area (Å²) in [5.41, 5.74) is 0.921. The number of benzene rings is 1. The van der Waals surface area contributed by atoms with Gasteiger partial charge in [-0.15, -0.1) is 0 Å². The fourth-order valence-electron chi connectivity index (χ4n) is 1.47. The fraction of sp³-hybridized carbons (Fsp3) is 0.154. The Hall–Kier alpha value is -2.63. The molecule has 6 heteroatoms. The summed E-state index contributed by atoms with van der Waals surface area (Å²) in [5, 5.41) is 5.57. The van der Waals surface area contributed by atoms with E-state index in [0.29, 0.717) is 11.5 Å². The minimum atomic E-state index is -0.310. The fourth-order valence-corrected chi connectivity index (χ4v) is 1.47. The van der Waals surface area contributed by atoms with E-state index in [9.17, 15) is 4.79 Å². The van der Waals surface area contributed by atoms with Gasteiger partial charge in [0.25, 0.3) is 5.91 Å². The first-order valence-corrected chi connectivity index (χ1v) is 5.68. The summed E-state index contributed by atoms with van der Waals surface area (Å²) in [6.45, 7) is 0. The first kappa shape index (κ1) is 12.8. The highest BCUT2D eigenvalue weighted by atomic mass is 16.5. The van der Waals surface area contributed by atoms with Gasteiger partial charge in [0.05, 0.1) is 19.5 Å². The number of aromatic nitrogens is 2. The molecule has 0 aliphatic heterocycles. The van der Waals surface area contributed by atoms with E-state index < -0.39 is 0 Å². The molecule has 1 heterocycles. The summed E-state index contributed by atoms with van der Waals surface area (Å²) >= 11 is 0. The molecule has 0 unspecified atom stereocenters. The summed E-state index contributed by atoms with van der Waals surface area (Å²) in [7, 11) is 3.31. The molecule has 2 aromatic rings. The Bertz CT molecular complexity index is 569. The van der Waals surface area contributed by atoms with Gasteiger partial charge in [-0.25, -0.2) is 4.98 Å². The van der Waals surface area contributed by atoms with Crippen molar-refractivity contribution < 1.29 is 9.53 Å². The highest BCUT2D eigenvalue weighted by molar-refractivity contribution is 6.02. The van der Waals surface area contributed by atoms with Crippen LogP contribution in [0.3, 0.4) is 0 Å². The zero-order chi connectivity index (χ0) is 13.7. The number of rotatable bonds is 4. The Morgan fingerprint density at radius 3 is 2.58 bits per heavy atom. The van der Waals surface area contributed by atoms with Gasteiger partial charge in [-0.1, -0.05) is 0 Å². The van der Waals surface area contributed by atoms with Gasteiger partial charge >= 0.3 is 0 Å². The highest BCUT2D eigenvalue weighted by Gasteiger charge is 2.08.